The van der Waals surface area contributed by atoms with Crippen LogP contribution in [0.15, 0.2) is 4.99 Å². The molecule has 0 aliphatic carbocycles. The Kier molecular flexibility index (Phi) is 9.16. The van der Waals surface area contributed by atoms with Gasteiger partial charge < -0.3 is 20.3 Å². The fourth-order valence-electron chi connectivity index (χ4n) is 4.42. The minimum atomic E-state index is 0.515. The number of morpholine rings is 1. The highest BCUT2D eigenvalue weighted by Gasteiger charge is 2.24. The molecule has 2 N–H and O–H groups in total. The van der Waals surface area contributed by atoms with E-state index in [0.717, 1.165) is 63.7 Å². The molecule has 2 aliphatic rings. The predicted molar refractivity (Wildman–Crippen MR) is 110 cm³/mol. The zero-order chi connectivity index (χ0) is 18.9. The van der Waals surface area contributed by atoms with Crippen LogP contribution in [0.5, 0.6) is 0 Å². The second kappa shape index (κ2) is 11.1. The van der Waals surface area contributed by atoms with Crippen molar-refractivity contribution in [1.82, 2.24) is 20.4 Å². The maximum atomic E-state index is 5.50. The van der Waals surface area contributed by atoms with Crippen LogP contribution in [-0.2, 0) is 4.74 Å². The normalized spacial score (nSPS) is 27.5. The summed E-state index contributed by atoms with van der Waals surface area (Å²) in [5, 5.41) is 7.04. The molecular formula is C20H41N5O. The molecule has 0 saturated carbocycles. The number of nitrogens with zero attached hydrogens (tertiary/aromatic N) is 3. The summed E-state index contributed by atoms with van der Waals surface area (Å²) in [5.41, 5.74) is 0. The zero-order valence-corrected chi connectivity index (χ0v) is 17.6. The number of hydrogen-bond donors (Lipinski definition) is 2. The van der Waals surface area contributed by atoms with Crippen molar-refractivity contribution in [3.05, 3.63) is 0 Å². The Morgan fingerprint density at radius 3 is 2.35 bits per heavy atom. The Labute approximate surface area is 160 Å². The molecule has 2 aliphatic heterocycles. The van der Waals surface area contributed by atoms with Crippen LogP contribution in [0.2, 0.25) is 0 Å². The second-order valence-corrected chi connectivity index (χ2v) is 8.55. The maximum absolute atomic E-state index is 5.50. The summed E-state index contributed by atoms with van der Waals surface area (Å²) >= 11 is 0. The predicted octanol–water partition coefficient (Wildman–Crippen LogP) is 1.49. The van der Waals surface area contributed by atoms with E-state index in [0.29, 0.717) is 12.0 Å². The molecule has 0 aromatic heterocycles. The van der Waals surface area contributed by atoms with E-state index in [1.807, 2.05) is 7.05 Å². The summed E-state index contributed by atoms with van der Waals surface area (Å²) in [6.45, 7) is 18.5. The first kappa shape index (κ1) is 21.5. The van der Waals surface area contributed by atoms with Gasteiger partial charge in [0.15, 0.2) is 5.96 Å². The van der Waals surface area contributed by atoms with Gasteiger partial charge >= 0.3 is 0 Å². The van der Waals surface area contributed by atoms with Crippen LogP contribution in [0.4, 0.5) is 0 Å². The molecule has 2 heterocycles. The number of nitrogens with one attached hydrogen (secondary N) is 2. The maximum Gasteiger partial charge on any atom is 0.191 e. The average molecular weight is 368 g/mol. The van der Waals surface area contributed by atoms with Crippen LogP contribution in [-0.4, -0.2) is 87.9 Å². The Bertz CT molecular complexity index is 412. The van der Waals surface area contributed by atoms with Crippen LogP contribution < -0.4 is 10.6 Å². The molecule has 152 valence electrons. The highest BCUT2D eigenvalue weighted by molar-refractivity contribution is 5.79. The molecule has 26 heavy (non-hydrogen) atoms. The summed E-state index contributed by atoms with van der Waals surface area (Å²) < 4.78 is 5.50. The molecule has 0 spiro atoms. The smallest absolute Gasteiger partial charge is 0.191 e. The summed E-state index contributed by atoms with van der Waals surface area (Å²) in [6, 6.07) is 0.515. The van der Waals surface area contributed by atoms with Gasteiger partial charge in [-0.2, -0.15) is 0 Å². The molecular weight excluding hydrogens is 326 g/mol. The van der Waals surface area contributed by atoms with Crippen molar-refractivity contribution in [1.29, 1.82) is 0 Å². The molecule has 0 aromatic rings. The minimum absolute atomic E-state index is 0.515. The van der Waals surface area contributed by atoms with E-state index in [2.05, 4.69) is 53.1 Å². The zero-order valence-electron chi connectivity index (χ0n) is 17.6. The average Bonchev–Trinajstić information content (AvgIpc) is 2.60. The van der Waals surface area contributed by atoms with Crippen molar-refractivity contribution in [2.75, 3.05) is 66.1 Å². The van der Waals surface area contributed by atoms with E-state index >= 15 is 0 Å². The standard InChI is InChI=1S/C20H41N5O/c1-16(2)19(25-8-10-26-11-9-25)13-23-20(21-5)22-6-7-24-14-17(3)12-18(4)15-24/h16-19H,6-15H2,1-5H3,(H2,21,22,23). The second-order valence-electron chi connectivity index (χ2n) is 8.55. The molecule has 0 amide bonds. The van der Waals surface area contributed by atoms with Crippen molar-refractivity contribution in [2.45, 2.75) is 40.2 Å². The molecule has 0 bridgehead atoms. The Morgan fingerprint density at radius 2 is 1.77 bits per heavy atom. The number of ether oxygens (including phenoxy) is 1. The monoisotopic (exact) mass is 367 g/mol. The lowest BCUT2D eigenvalue weighted by Gasteiger charge is -2.37. The van der Waals surface area contributed by atoms with Gasteiger partial charge in [0, 0.05) is 58.9 Å². The SMILES string of the molecule is CN=C(NCCN1CC(C)CC(C)C1)NCC(C(C)C)N1CCOCC1. The summed E-state index contributed by atoms with van der Waals surface area (Å²) in [4.78, 5) is 9.54. The van der Waals surface area contributed by atoms with Crippen LogP contribution >= 0.6 is 0 Å². The summed E-state index contributed by atoms with van der Waals surface area (Å²) in [5.74, 6) is 3.16. The molecule has 0 radical (unpaired) electrons. The van der Waals surface area contributed by atoms with Gasteiger partial charge in [0.25, 0.3) is 0 Å². The van der Waals surface area contributed by atoms with Gasteiger partial charge in [0.2, 0.25) is 0 Å². The van der Waals surface area contributed by atoms with Gasteiger partial charge in [0.05, 0.1) is 13.2 Å². The lowest BCUT2D eigenvalue weighted by molar-refractivity contribution is 0.00752. The first-order valence-electron chi connectivity index (χ1n) is 10.5. The topological polar surface area (TPSA) is 52.1 Å². The van der Waals surface area contributed by atoms with Crippen molar-refractivity contribution < 1.29 is 4.74 Å². The summed E-state index contributed by atoms with van der Waals surface area (Å²) in [7, 11) is 1.86. The van der Waals surface area contributed by atoms with Gasteiger partial charge in [-0.25, -0.2) is 0 Å². The summed E-state index contributed by atoms with van der Waals surface area (Å²) in [6.07, 6.45) is 1.37. The van der Waals surface area contributed by atoms with E-state index in [-0.39, 0.29) is 0 Å². The highest BCUT2D eigenvalue weighted by atomic mass is 16.5. The van der Waals surface area contributed by atoms with Crippen LogP contribution in [0.3, 0.4) is 0 Å². The molecule has 3 unspecified atom stereocenters. The third-order valence-electron chi connectivity index (χ3n) is 5.65. The van der Waals surface area contributed by atoms with E-state index in [9.17, 15) is 0 Å². The number of rotatable bonds is 7. The largest absolute Gasteiger partial charge is 0.379 e. The Morgan fingerprint density at radius 1 is 1.12 bits per heavy atom. The lowest BCUT2D eigenvalue weighted by atomic mass is 9.92. The highest BCUT2D eigenvalue weighted by Crippen LogP contribution is 2.20. The molecule has 2 fully saturated rings. The number of piperidine rings is 1. The van der Waals surface area contributed by atoms with Gasteiger partial charge in [-0.15, -0.1) is 0 Å². The van der Waals surface area contributed by atoms with Crippen molar-refractivity contribution in [2.24, 2.45) is 22.7 Å². The molecule has 6 heteroatoms. The van der Waals surface area contributed by atoms with Crippen molar-refractivity contribution in [3.63, 3.8) is 0 Å². The first-order chi connectivity index (χ1) is 12.5. The molecule has 0 aromatic carbocycles. The minimum Gasteiger partial charge on any atom is -0.379 e. The molecule has 3 atom stereocenters. The lowest BCUT2D eigenvalue weighted by Crippen LogP contribution is -2.53. The van der Waals surface area contributed by atoms with Crippen LogP contribution in [0, 0.1) is 17.8 Å². The molecule has 2 saturated heterocycles. The van der Waals surface area contributed by atoms with Crippen LogP contribution in [0.25, 0.3) is 0 Å². The quantitative estimate of drug-likeness (QED) is 0.527. The van der Waals surface area contributed by atoms with E-state index in [1.54, 1.807) is 0 Å². The fraction of sp³-hybridized carbons (Fsp3) is 0.950. The van der Waals surface area contributed by atoms with Crippen molar-refractivity contribution >= 4 is 5.96 Å². The van der Waals surface area contributed by atoms with E-state index in [1.165, 1.54) is 19.5 Å². The Hall–Kier alpha value is -0.850. The molecule has 2 rings (SSSR count). The van der Waals surface area contributed by atoms with Gasteiger partial charge in [-0.05, 0) is 24.2 Å². The number of guanidine groups is 1. The number of aliphatic imine (C=N–C) groups is 1. The van der Waals surface area contributed by atoms with Gasteiger partial charge in [-0.1, -0.05) is 27.7 Å². The van der Waals surface area contributed by atoms with Gasteiger partial charge in [0.1, 0.15) is 0 Å². The van der Waals surface area contributed by atoms with E-state index in [4.69, 9.17) is 4.74 Å². The third kappa shape index (κ3) is 7.05. The third-order valence-corrected chi connectivity index (χ3v) is 5.65. The molecule has 6 nitrogen and oxygen atoms in total. The number of likely N-dealkylation sites (tertiary alicyclic amines) is 1. The number of hydrogen-bond acceptors (Lipinski definition) is 4. The van der Waals surface area contributed by atoms with Gasteiger partial charge in [-0.3, -0.25) is 9.89 Å². The van der Waals surface area contributed by atoms with Crippen molar-refractivity contribution in [3.8, 4) is 0 Å². The van der Waals surface area contributed by atoms with Crippen LogP contribution in [0.1, 0.15) is 34.1 Å². The Balaban J connectivity index is 1.72. The fourth-order valence-corrected chi connectivity index (χ4v) is 4.42. The van der Waals surface area contributed by atoms with E-state index < -0.39 is 0 Å². The first-order valence-corrected chi connectivity index (χ1v) is 10.5.